The monoisotopic (exact) mass is 348 g/mol. The van der Waals surface area contributed by atoms with Gasteiger partial charge in [-0.1, -0.05) is 11.6 Å². The van der Waals surface area contributed by atoms with Crippen LogP contribution in [0.5, 0.6) is 0 Å². The molecule has 0 amide bonds. The molecule has 1 aromatic carbocycles. The first-order valence-corrected chi connectivity index (χ1v) is 5.27. The van der Waals surface area contributed by atoms with Crippen LogP contribution in [0.3, 0.4) is 0 Å². The molecule has 1 aromatic rings. The smallest absolute Gasteiger partial charge is 0.294 e. The second-order valence-electron chi connectivity index (χ2n) is 2.84. The molecule has 0 aliphatic rings. The number of rotatable bonds is 1. The van der Waals surface area contributed by atoms with Gasteiger partial charge < -0.3 is 0 Å². The summed E-state index contributed by atoms with van der Waals surface area (Å²) in [7, 11) is 0. The number of carbonyl (C=O) groups excluding carboxylic acids is 1. The topological polar surface area (TPSA) is 17.1 Å². The molecular formula is C9H5ClF3IO. The third kappa shape index (κ3) is 2.63. The van der Waals surface area contributed by atoms with E-state index >= 15 is 0 Å². The fraction of sp³-hybridized carbons (Fsp3) is 0.222. The lowest BCUT2D eigenvalue weighted by Crippen LogP contribution is -2.09. The summed E-state index contributed by atoms with van der Waals surface area (Å²) >= 11 is 7.32. The normalized spacial score (nSPS) is 11.6. The van der Waals surface area contributed by atoms with Crippen LogP contribution in [0.25, 0.3) is 0 Å². The standard InChI is InChI=1S/C9H5ClF3IO/c1-4(15)7-6(14)3-2-5(8(7)10)9(11,12)13/h2-3H,1H3. The lowest BCUT2D eigenvalue weighted by atomic mass is 10.1. The molecular weight excluding hydrogens is 343 g/mol. The summed E-state index contributed by atoms with van der Waals surface area (Å²) in [6.07, 6.45) is -4.54. The van der Waals surface area contributed by atoms with Crippen molar-refractivity contribution in [2.24, 2.45) is 0 Å². The van der Waals surface area contributed by atoms with Gasteiger partial charge in [-0.25, -0.2) is 0 Å². The number of halogens is 5. The maximum atomic E-state index is 12.4. The van der Waals surface area contributed by atoms with Crippen molar-refractivity contribution >= 4 is 40.0 Å². The number of carbonyl (C=O) groups is 1. The van der Waals surface area contributed by atoms with Crippen molar-refractivity contribution in [2.45, 2.75) is 13.1 Å². The highest BCUT2D eigenvalue weighted by molar-refractivity contribution is 14.1. The third-order valence-corrected chi connectivity index (χ3v) is 3.04. The van der Waals surface area contributed by atoms with E-state index in [0.29, 0.717) is 3.57 Å². The van der Waals surface area contributed by atoms with Crippen molar-refractivity contribution in [2.75, 3.05) is 0 Å². The van der Waals surface area contributed by atoms with Gasteiger partial charge in [-0.05, 0) is 41.6 Å². The van der Waals surface area contributed by atoms with E-state index in [1.165, 1.54) is 13.0 Å². The van der Waals surface area contributed by atoms with Crippen LogP contribution in [0.4, 0.5) is 13.2 Å². The number of Topliss-reactive ketones (excluding diaryl/α,β-unsaturated/α-hetero) is 1. The molecule has 0 N–H and O–H groups in total. The molecule has 0 aliphatic heterocycles. The third-order valence-electron chi connectivity index (χ3n) is 1.75. The molecule has 1 rings (SSSR count). The van der Waals surface area contributed by atoms with Gasteiger partial charge >= 0.3 is 6.18 Å². The summed E-state index contributed by atoms with van der Waals surface area (Å²) in [5.41, 5.74) is -1.05. The molecule has 0 bridgehead atoms. The van der Waals surface area contributed by atoms with Crippen LogP contribution < -0.4 is 0 Å². The Morgan fingerprint density at radius 1 is 1.40 bits per heavy atom. The molecule has 15 heavy (non-hydrogen) atoms. The minimum atomic E-state index is -4.54. The van der Waals surface area contributed by atoms with E-state index in [-0.39, 0.29) is 5.56 Å². The number of benzene rings is 1. The number of alkyl halides is 3. The lowest BCUT2D eigenvalue weighted by Gasteiger charge is -2.12. The van der Waals surface area contributed by atoms with Gasteiger partial charge in [0.15, 0.2) is 5.78 Å². The minimum absolute atomic E-state index is 0.0768. The van der Waals surface area contributed by atoms with Crippen LogP contribution in [0.15, 0.2) is 12.1 Å². The highest BCUT2D eigenvalue weighted by Gasteiger charge is 2.35. The van der Waals surface area contributed by atoms with Crippen molar-refractivity contribution in [3.63, 3.8) is 0 Å². The molecule has 1 nitrogen and oxygen atoms in total. The summed E-state index contributed by atoms with van der Waals surface area (Å²) in [6.45, 7) is 1.18. The Bertz CT molecular complexity index is 415. The molecule has 6 heteroatoms. The van der Waals surface area contributed by atoms with Crippen molar-refractivity contribution in [1.82, 2.24) is 0 Å². The first-order valence-electron chi connectivity index (χ1n) is 3.81. The highest BCUT2D eigenvalue weighted by atomic mass is 127. The SMILES string of the molecule is CC(=O)c1c(I)ccc(C(F)(F)F)c1Cl. The minimum Gasteiger partial charge on any atom is -0.294 e. The Morgan fingerprint density at radius 2 is 1.93 bits per heavy atom. The van der Waals surface area contributed by atoms with Crippen LogP contribution in [-0.4, -0.2) is 5.78 Å². The molecule has 0 heterocycles. The van der Waals surface area contributed by atoms with Crippen molar-refractivity contribution < 1.29 is 18.0 Å². The zero-order chi connectivity index (χ0) is 11.8. The predicted molar refractivity (Wildman–Crippen MR) is 59.2 cm³/mol. The fourth-order valence-corrected chi connectivity index (χ4v) is 2.49. The van der Waals surface area contributed by atoms with Crippen LogP contribution >= 0.6 is 34.2 Å². The van der Waals surface area contributed by atoms with Gasteiger partial charge in [0.2, 0.25) is 0 Å². The lowest BCUT2D eigenvalue weighted by molar-refractivity contribution is -0.137. The molecule has 82 valence electrons. The van der Waals surface area contributed by atoms with Crippen LogP contribution in [0.1, 0.15) is 22.8 Å². The predicted octanol–water partition coefficient (Wildman–Crippen LogP) is 4.17. The molecule has 0 atom stereocenters. The Hall–Kier alpha value is -0.300. The molecule has 0 unspecified atom stereocenters. The molecule has 0 fully saturated rings. The summed E-state index contributed by atoms with van der Waals surface area (Å²) in [5.74, 6) is -0.476. The van der Waals surface area contributed by atoms with Crippen molar-refractivity contribution in [3.05, 3.63) is 31.9 Å². The maximum absolute atomic E-state index is 12.4. The second-order valence-corrected chi connectivity index (χ2v) is 4.38. The largest absolute Gasteiger partial charge is 0.417 e. The Morgan fingerprint density at radius 3 is 2.33 bits per heavy atom. The Kier molecular flexibility index (Phi) is 3.65. The van der Waals surface area contributed by atoms with E-state index in [0.717, 1.165) is 6.07 Å². The average molecular weight is 348 g/mol. The van der Waals surface area contributed by atoms with Gasteiger partial charge in [-0.3, -0.25) is 4.79 Å². The van der Waals surface area contributed by atoms with Gasteiger partial charge in [0.1, 0.15) is 0 Å². The van der Waals surface area contributed by atoms with Gasteiger partial charge in [0.25, 0.3) is 0 Å². The second kappa shape index (κ2) is 4.29. The summed E-state index contributed by atoms with van der Waals surface area (Å²) in [4.78, 5) is 11.1. The zero-order valence-electron chi connectivity index (χ0n) is 7.45. The molecule has 0 aliphatic carbocycles. The van der Waals surface area contributed by atoms with Crippen molar-refractivity contribution in [3.8, 4) is 0 Å². The molecule has 0 saturated carbocycles. The number of hydrogen-bond acceptors (Lipinski definition) is 1. The fourth-order valence-electron chi connectivity index (χ4n) is 1.09. The Labute approximate surface area is 103 Å². The summed E-state index contributed by atoms with van der Waals surface area (Å²) in [5, 5.41) is -0.526. The van der Waals surface area contributed by atoms with Crippen LogP contribution in [0.2, 0.25) is 5.02 Å². The molecule has 0 aromatic heterocycles. The van der Waals surface area contributed by atoms with Crippen LogP contribution in [-0.2, 0) is 6.18 Å². The highest BCUT2D eigenvalue weighted by Crippen LogP contribution is 2.37. The van der Waals surface area contributed by atoms with Gasteiger partial charge in [0.05, 0.1) is 10.6 Å². The van der Waals surface area contributed by atoms with E-state index in [2.05, 4.69) is 0 Å². The van der Waals surface area contributed by atoms with E-state index in [1.54, 1.807) is 22.6 Å². The van der Waals surface area contributed by atoms with E-state index < -0.39 is 22.5 Å². The average Bonchev–Trinajstić information content (AvgIpc) is 2.00. The Balaban J connectivity index is 3.49. The molecule has 0 spiro atoms. The van der Waals surface area contributed by atoms with E-state index in [9.17, 15) is 18.0 Å². The summed E-state index contributed by atoms with van der Waals surface area (Å²) in [6, 6.07) is 2.10. The first-order chi connectivity index (χ1) is 6.75. The van der Waals surface area contributed by atoms with Gasteiger partial charge in [-0.15, -0.1) is 0 Å². The van der Waals surface area contributed by atoms with Crippen molar-refractivity contribution in [1.29, 1.82) is 0 Å². The van der Waals surface area contributed by atoms with E-state index in [1.807, 2.05) is 0 Å². The number of ketones is 1. The summed E-state index contributed by atoms with van der Waals surface area (Å²) < 4.78 is 37.7. The maximum Gasteiger partial charge on any atom is 0.417 e. The first kappa shape index (κ1) is 12.8. The van der Waals surface area contributed by atoms with Gasteiger partial charge in [-0.2, -0.15) is 13.2 Å². The molecule has 0 radical (unpaired) electrons. The molecule has 0 saturated heterocycles. The quantitative estimate of drug-likeness (QED) is 0.550. The van der Waals surface area contributed by atoms with Gasteiger partial charge in [0, 0.05) is 9.13 Å². The van der Waals surface area contributed by atoms with Crippen LogP contribution in [0, 0.1) is 3.57 Å². The number of hydrogen-bond donors (Lipinski definition) is 0. The van der Waals surface area contributed by atoms with E-state index in [4.69, 9.17) is 11.6 Å². The zero-order valence-corrected chi connectivity index (χ0v) is 10.4.